The van der Waals surface area contributed by atoms with Gasteiger partial charge in [0.25, 0.3) is 0 Å². The van der Waals surface area contributed by atoms with E-state index in [0.717, 1.165) is 5.39 Å². The number of H-pyrrole nitrogens is 1. The fourth-order valence-corrected chi connectivity index (χ4v) is 2.42. The Balaban J connectivity index is 0.00000161. The lowest BCUT2D eigenvalue weighted by atomic mass is 10.0. The van der Waals surface area contributed by atoms with E-state index in [0.29, 0.717) is 27.5 Å². The Hall–Kier alpha value is -2.24. The van der Waals surface area contributed by atoms with Crippen molar-refractivity contribution >= 4 is 46.5 Å². The molecular weight excluding hydrogens is 311 g/mol. The van der Waals surface area contributed by atoms with Gasteiger partial charge in [0, 0.05) is 17.2 Å². The average molecular weight is 323 g/mol. The summed E-state index contributed by atoms with van der Waals surface area (Å²) < 4.78 is 0. The Labute approximate surface area is 131 Å². The molecule has 0 saturated carbocycles. The summed E-state index contributed by atoms with van der Waals surface area (Å²) in [4.78, 5) is 18.4. The molecule has 5 N–H and O–H groups in total. The summed E-state index contributed by atoms with van der Waals surface area (Å²) >= 11 is 6.27. The van der Waals surface area contributed by atoms with Crippen molar-refractivity contribution in [3.8, 4) is 11.1 Å². The minimum atomic E-state index is -0.206. The highest BCUT2D eigenvalue weighted by Gasteiger charge is 2.13. The van der Waals surface area contributed by atoms with Crippen molar-refractivity contribution in [2.24, 2.45) is 0 Å². The van der Waals surface area contributed by atoms with Crippen LogP contribution >= 0.6 is 24.0 Å². The highest BCUT2D eigenvalue weighted by atomic mass is 35.5. The van der Waals surface area contributed by atoms with E-state index < -0.39 is 0 Å². The van der Waals surface area contributed by atoms with Gasteiger partial charge in [-0.15, -0.1) is 12.4 Å². The fourth-order valence-electron chi connectivity index (χ4n) is 2.16. The maximum atomic E-state index is 11.6. The minimum Gasteiger partial charge on any atom is -0.384 e. The van der Waals surface area contributed by atoms with E-state index >= 15 is 0 Å². The number of aromatic amines is 1. The molecule has 7 heteroatoms. The zero-order chi connectivity index (χ0) is 14.3. The van der Waals surface area contributed by atoms with Crippen LogP contribution in [-0.2, 0) is 0 Å². The van der Waals surface area contributed by atoms with Crippen LogP contribution in [0.15, 0.2) is 41.2 Å². The summed E-state index contributed by atoms with van der Waals surface area (Å²) in [6, 6.07) is 10.2. The van der Waals surface area contributed by atoms with E-state index in [4.69, 9.17) is 23.1 Å². The SMILES string of the molecule is Cl.Nc1ccc(-c2c(Cl)ccc3ccc(=O)[nH]c23)c(N)n1. The maximum absolute atomic E-state index is 11.6. The molecule has 0 saturated heterocycles. The van der Waals surface area contributed by atoms with E-state index in [9.17, 15) is 4.79 Å². The van der Waals surface area contributed by atoms with Crippen molar-refractivity contribution in [3.63, 3.8) is 0 Å². The van der Waals surface area contributed by atoms with Crippen LogP contribution in [0.4, 0.5) is 11.6 Å². The van der Waals surface area contributed by atoms with Gasteiger partial charge in [0.1, 0.15) is 11.6 Å². The first kappa shape index (κ1) is 15.2. The predicted molar refractivity (Wildman–Crippen MR) is 88.9 cm³/mol. The van der Waals surface area contributed by atoms with Gasteiger partial charge in [-0.05, 0) is 29.7 Å². The molecule has 0 atom stereocenters. The van der Waals surface area contributed by atoms with Crippen molar-refractivity contribution < 1.29 is 0 Å². The molecule has 5 nitrogen and oxygen atoms in total. The van der Waals surface area contributed by atoms with Crippen LogP contribution in [0, 0.1) is 0 Å². The number of hydrogen-bond donors (Lipinski definition) is 3. The average Bonchev–Trinajstić information content (AvgIpc) is 2.40. The molecule has 21 heavy (non-hydrogen) atoms. The Morgan fingerprint density at radius 2 is 1.76 bits per heavy atom. The number of aromatic nitrogens is 2. The van der Waals surface area contributed by atoms with Crippen LogP contribution in [0.2, 0.25) is 5.02 Å². The normalized spacial score (nSPS) is 10.3. The van der Waals surface area contributed by atoms with Crippen molar-refractivity contribution in [1.29, 1.82) is 0 Å². The Bertz CT molecular complexity index is 876. The van der Waals surface area contributed by atoms with Crippen LogP contribution in [0.5, 0.6) is 0 Å². The summed E-state index contributed by atoms with van der Waals surface area (Å²) in [6.45, 7) is 0. The quantitative estimate of drug-likeness (QED) is 0.641. The third kappa shape index (κ3) is 2.66. The van der Waals surface area contributed by atoms with Crippen LogP contribution in [0.1, 0.15) is 0 Å². The van der Waals surface area contributed by atoms with Gasteiger partial charge in [0.05, 0.1) is 10.5 Å². The smallest absolute Gasteiger partial charge is 0.248 e. The highest BCUT2D eigenvalue weighted by Crippen LogP contribution is 2.36. The summed E-state index contributed by atoms with van der Waals surface area (Å²) in [5, 5.41) is 1.35. The first-order valence-corrected chi connectivity index (χ1v) is 6.28. The molecule has 3 aromatic rings. The second kappa shape index (κ2) is 5.63. The third-order valence-corrected chi connectivity index (χ3v) is 3.38. The predicted octanol–water partition coefficient (Wildman–Crippen LogP) is 2.83. The van der Waals surface area contributed by atoms with Gasteiger partial charge in [-0.1, -0.05) is 17.7 Å². The lowest BCUT2D eigenvalue weighted by Gasteiger charge is -2.11. The van der Waals surface area contributed by atoms with E-state index in [2.05, 4.69) is 9.97 Å². The van der Waals surface area contributed by atoms with E-state index in [1.165, 1.54) is 6.07 Å². The Morgan fingerprint density at radius 1 is 1.05 bits per heavy atom. The van der Waals surface area contributed by atoms with Crippen LogP contribution in [0.3, 0.4) is 0 Å². The highest BCUT2D eigenvalue weighted by molar-refractivity contribution is 6.35. The summed E-state index contributed by atoms with van der Waals surface area (Å²) in [5.41, 5.74) is 13.2. The molecular formula is C14H12Cl2N4O. The molecule has 0 amide bonds. The molecule has 0 unspecified atom stereocenters. The van der Waals surface area contributed by atoms with Gasteiger partial charge in [-0.2, -0.15) is 0 Å². The van der Waals surface area contributed by atoms with Crippen molar-refractivity contribution in [3.05, 3.63) is 51.8 Å². The fraction of sp³-hybridized carbons (Fsp3) is 0. The molecule has 2 heterocycles. The van der Waals surface area contributed by atoms with Gasteiger partial charge in [-0.3, -0.25) is 4.79 Å². The number of anilines is 2. The van der Waals surface area contributed by atoms with Gasteiger partial charge >= 0.3 is 0 Å². The number of nitrogens with one attached hydrogen (secondary N) is 1. The molecule has 0 bridgehead atoms. The van der Waals surface area contributed by atoms with Crippen LogP contribution < -0.4 is 17.0 Å². The number of rotatable bonds is 1. The monoisotopic (exact) mass is 322 g/mol. The molecule has 1 aromatic carbocycles. The van der Waals surface area contributed by atoms with Crippen molar-refractivity contribution in [2.75, 3.05) is 11.5 Å². The van der Waals surface area contributed by atoms with E-state index in [1.807, 2.05) is 6.07 Å². The van der Waals surface area contributed by atoms with E-state index in [-0.39, 0.29) is 23.8 Å². The first-order valence-electron chi connectivity index (χ1n) is 5.90. The topological polar surface area (TPSA) is 97.8 Å². The zero-order valence-corrected chi connectivity index (χ0v) is 12.3. The summed E-state index contributed by atoms with van der Waals surface area (Å²) in [5.74, 6) is 0.597. The largest absolute Gasteiger partial charge is 0.384 e. The lowest BCUT2D eigenvalue weighted by molar-refractivity contribution is 1.30. The minimum absolute atomic E-state index is 0. The standard InChI is InChI=1S/C14H11ClN4O.ClH/c15-9-4-1-7-2-6-11(20)19-13(7)12(9)8-3-5-10(16)18-14(8)17;/h1-6H,(H,19,20)(H4,16,17,18);1H. The second-order valence-electron chi connectivity index (χ2n) is 4.38. The number of benzene rings is 1. The molecule has 108 valence electrons. The molecule has 0 aliphatic carbocycles. The number of hydrogen-bond acceptors (Lipinski definition) is 4. The molecule has 2 aromatic heterocycles. The van der Waals surface area contributed by atoms with Crippen molar-refractivity contribution in [2.45, 2.75) is 0 Å². The zero-order valence-electron chi connectivity index (χ0n) is 10.8. The molecule has 0 aliphatic rings. The second-order valence-corrected chi connectivity index (χ2v) is 4.79. The van der Waals surface area contributed by atoms with Crippen LogP contribution in [0.25, 0.3) is 22.0 Å². The number of nitrogen functional groups attached to an aromatic ring is 2. The first-order chi connectivity index (χ1) is 9.56. The molecule has 0 aliphatic heterocycles. The molecule has 0 radical (unpaired) electrons. The van der Waals surface area contributed by atoms with Gasteiger partial charge in [-0.25, -0.2) is 4.98 Å². The third-order valence-electron chi connectivity index (χ3n) is 3.06. The Kier molecular flexibility index (Phi) is 4.06. The molecule has 0 fully saturated rings. The number of nitrogens with zero attached hydrogens (tertiary/aromatic N) is 1. The number of pyridine rings is 2. The summed E-state index contributed by atoms with van der Waals surface area (Å²) in [6.07, 6.45) is 0. The van der Waals surface area contributed by atoms with Crippen molar-refractivity contribution in [1.82, 2.24) is 9.97 Å². The van der Waals surface area contributed by atoms with Gasteiger partial charge < -0.3 is 16.5 Å². The van der Waals surface area contributed by atoms with Crippen LogP contribution in [-0.4, -0.2) is 9.97 Å². The number of halogens is 2. The Morgan fingerprint density at radius 3 is 2.48 bits per heavy atom. The maximum Gasteiger partial charge on any atom is 0.248 e. The molecule has 0 spiro atoms. The van der Waals surface area contributed by atoms with Gasteiger partial charge in [0.2, 0.25) is 5.56 Å². The van der Waals surface area contributed by atoms with Gasteiger partial charge in [0.15, 0.2) is 0 Å². The lowest BCUT2D eigenvalue weighted by Crippen LogP contribution is -2.04. The number of fused-ring (bicyclic) bond motifs is 1. The molecule has 3 rings (SSSR count). The van der Waals surface area contributed by atoms with E-state index in [1.54, 1.807) is 24.3 Å². The number of nitrogens with two attached hydrogens (primary N) is 2. The summed E-state index contributed by atoms with van der Waals surface area (Å²) in [7, 11) is 0.